The summed E-state index contributed by atoms with van der Waals surface area (Å²) >= 11 is 1.38. The molecular weight excluding hydrogens is 240 g/mol. The van der Waals surface area contributed by atoms with Gasteiger partial charge in [0.25, 0.3) is 0 Å². The Hall–Kier alpha value is -1.50. The molecule has 0 bridgehead atoms. The predicted octanol–water partition coefficient (Wildman–Crippen LogP) is 0.955. The third-order valence-corrected chi connectivity index (χ3v) is 2.80. The van der Waals surface area contributed by atoms with Gasteiger partial charge in [0.15, 0.2) is 0 Å². The van der Waals surface area contributed by atoms with E-state index in [-0.39, 0.29) is 18.2 Å². The highest BCUT2D eigenvalue weighted by Crippen LogP contribution is 2.16. The SMILES string of the molecule is CCCc1nnc(NC(=O)CCNC(C)=O)s1. The zero-order valence-electron chi connectivity index (χ0n) is 9.95. The molecule has 1 rings (SSSR count). The van der Waals surface area contributed by atoms with E-state index >= 15 is 0 Å². The summed E-state index contributed by atoms with van der Waals surface area (Å²) in [5, 5.41) is 14.5. The predicted molar refractivity (Wildman–Crippen MR) is 65.8 cm³/mol. The van der Waals surface area contributed by atoms with Crippen LogP contribution in [-0.2, 0) is 16.0 Å². The smallest absolute Gasteiger partial charge is 0.227 e. The lowest BCUT2D eigenvalue weighted by Crippen LogP contribution is -2.25. The Balaban J connectivity index is 2.31. The van der Waals surface area contributed by atoms with E-state index in [0.717, 1.165) is 17.8 Å². The molecule has 0 aromatic carbocycles. The van der Waals surface area contributed by atoms with Crippen molar-refractivity contribution >= 4 is 28.3 Å². The van der Waals surface area contributed by atoms with Crippen LogP contribution in [0.25, 0.3) is 0 Å². The van der Waals surface area contributed by atoms with Crippen LogP contribution in [-0.4, -0.2) is 28.6 Å². The Morgan fingerprint density at radius 3 is 2.76 bits per heavy atom. The van der Waals surface area contributed by atoms with Crippen LogP contribution in [0.15, 0.2) is 0 Å². The number of hydrogen-bond donors (Lipinski definition) is 2. The van der Waals surface area contributed by atoms with Gasteiger partial charge < -0.3 is 10.6 Å². The maximum atomic E-state index is 11.4. The van der Waals surface area contributed by atoms with Crippen molar-refractivity contribution in [2.75, 3.05) is 11.9 Å². The van der Waals surface area contributed by atoms with Crippen molar-refractivity contribution in [1.82, 2.24) is 15.5 Å². The zero-order valence-corrected chi connectivity index (χ0v) is 10.8. The van der Waals surface area contributed by atoms with E-state index in [1.165, 1.54) is 18.3 Å². The summed E-state index contributed by atoms with van der Waals surface area (Å²) in [7, 11) is 0. The van der Waals surface area contributed by atoms with Gasteiger partial charge in [-0.05, 0) is 6.42 Å². The van der Waals surface area contributed by atoms with Crippen molar-refractivity contribution in [3.63, 3.8) is 0 Å². The van der Waals surface area contributed by atoms with Gasteiger partial charge in [-0.2, -0.15) is 0 Å². The van der Waals surface area contributed by atoms with Crippen LogP contribution in [0.4, 0.5) is 5.13 Å². The molecule has 1 aromatic rings. The lowest BCUT2D eigenvalue weighted by molar-refractivity contribution is -0.119. The molecule has 0 aliphatic carbocycles. The van der Waals surface area contributed by atoms with Crippen LogP contribution >= 0.6 is 11.3 Å². The first-order valence-corrected chi connectivity index (χ1v) is 6.30. The molecule has 6 nitrogen and oxygen atoms in total. The molecule has 7 heteroatoms. The fourth-order valence-corrected chi connectivity index (χ4v) is 2.01. The minimum atomic E-state index is -0.169. The molecule has 2 N–H and O–H groups in total. The highest BCUT2D eigenvalue weighted by molar-refractivity contribution is 7.15. The Labute approximate surface area is 104 Å². The Morgan fingerprint density at radius 1 is 1.35 bits per heavy atom. The molecule has 0 radical (unpaired) electrons. The van der Waals surface area contributed by atoms with Crippen molar-refractivity contribution in [2.45, 2.75) is 33.1 Å². The van der Waals surface area contributed by atoms with Crippen LogP contribution in [0, 0.1) is 0 Å². The van der Waals surface area contributed by atoms with E-state index in [9.17, 15) is 9.59 Å². The van der Waals surface area contributed by atoms with Gasteiger partial charge in [0.2, 0.25) is 16.9 Å². The first-order chi connectivity index (χ1) is 8.11. The van der Waals surface area contributed by atoms with E-state index in [4.69, 9.17) is 0 Å². The van der Waals surface area contributed by atoms with Crippen LogP contribution in [0.5, 0.6) is 0 Å². The number of nitrogens with zero attached hydrogens (tertiary/aromatic N) is 2. The molecule has 2 amide bonds. The molecule has 0 atom stereocenters. The van der Waals surface area contributed by atoms with Gasteiger partial charge in [-0.25, -0.2) is 0 Å². The molecule has 1 heterocycles. The first-order valence-electron chi connectivity index (χ1n) is 5.48. The molecule has 0 saturated heterocycles. The lowest BCUT2D eigenvalue weighted by Gasteiger charge is -2.01. The van der Waals surface area contributed by atoms with Crippen LogP contribution in [0.2, 0.25) is 0 Å². The Morgan fingerprint density at radius 2 is 2.12 bits per heavy atom. The number of amides is 2. The standard InChI is InChI=1S/C10H16N4O2S/c1-3-4-9-13-14-10(17-9)12-8(16)5-6-11-7(2)15/h3-6H2,1-2H3,(H,11,15)(H,12,14,16). The molecule has 0 saturated carbocycles. The minimum absolute atomic E-state index is 0.140. The largest absolute Gasteiger partial charge is 0.356 e. The number of carbonyl (C=O) groups excluding carboxylic acids is 2. The van der Waals surface area contributed by atoms with Crippen LogP contribution in [0.1, 0.15) is 31.7 Å². The minimum Gasteiger partial charge on any atom is -0.356 e. The first kappa shape index (κ1) is 13.6. The zero-order chi connectivity index (χ0) is 12.7. The second-order valence-electron chi connectivity index (χ2n) is 3.53. The van der Waals surface area contributed by atoms with E-state index in [0.29, 0.717) is 11.7 Å². The number of carbonyl (C=O) groups is 2. The maximum Gasteiger partial charge on any atom is 0.227 e. The number of hydrogen-bond acceptors (Lipinski definition) is 5. The van der Waals surface area contributed by atoms with Gasteiger partial charge in [-0.15, -0.1) is 10.2 Å². The quantitative estimate of drug-likeness (QED) is 0.794. The maximum absolute atomic E-state index is 11.4. The molecule has 0 aliphatic rings. The van der Waals surface area contributed by atoms with E-state index < -0.39 is 0 Å². The Kier molecular flexibility index (Phi) is 5.55. The van der Waals surface area contributed by atoms with Gasteiger partial charge in [0.1, 0.15) is 5.01 Å². The number of rotatable bonds is 6. The van der Waals surface area contributed by atoms with E-state index in [1.54, 1.807) is 0 Å². The molecule has 0 unspecified atom stereocenters. The Bertz CT molecular complexity index is 391. The average molecular weight is 256 g/mol. The number of nitrogens with one attached hydrogen (secondary N) is 2. The van der Waals surface area contributed by atoms with Crippen molar-refractivity contribution in [3.8, 4) is 0 Å². The highest BCUT2D eigenvalue weighted by Gasteiger charge is 2.07. The summed E-state index contributed by atoms with van der Waals surface area (Å²) in [5.74, 6) is -0.308. The van der Waals surface area contributed by atoms with Gasteiger partial charge in [0, 0.05) is 26.3 Å². The fourth-order valence-electron chi connectivity index (χ4n) is 1.15. The topological polar surface area (TPSA) is 84.0 Å². The number of aryl methyl sites for hydroxylation is 1. The third-order valence-electron chi connectivity index (χ3n) is 1.90. The fraction of sp³-hybridized carbons (Fsp3) is 0.600. The number of aromatic nitrogens is 2. The molecular formula is C10H16N4O2S. The second kappa shape index (κ2) is 6.95. The van der Waals surface area contributed by atoms with Crippen molar-refractivity contribution < 1.29 is 9.59 Å². The van der Waals surface area contributed by atoms with E-state index in [1.807, 2.05) is 0 Å². The molecule has 17 heavy (non-hydrogen) atoms. The average Bonchev–Trinajstić information content (AvgIpc) is 2.65. The van der Waals surface area contributed by atoms with Crippen LogP contribution in [0.3, 0.4) is 0 Å². The third kappa shape index (κ3) is 5.39. The monoisotopic (exact) mass is 256 g/mol. The molecule has 1 aromatic heterocycles. The molecule has 94 valence electrons. The highest BCUT2D eigenvalue weighted by atomic mass is 32.1. The van der Waals surface area contributed by atoms with Gasteiger partial charge in [-0.1, -0.05) is 18.3 Å². The number of anilines is 1. The molecule has 0 aliphatic heterocycles. The van der Waals surface area contributed by atoms with Crippen LogP contribution < -0.4 is 10.6 Å². The van der Waals surface area contributed by atoms with Crippen molar-refractivity contribution in [2.24, 2.45) is 0 Å². The van der Waals surface area contributed by atoms with Gasteiger partial charge >= 0.3 is 0 Å². The summed E-state index contributed by atoms with van der Waals surface area (Å²) in [6.45, 7) is 3.81. The molecule has 0 fully saturated rings. The second-order valence-corrected chi connectivity index (χ2v) is 4.59. The summed E-state index contributed by atoms with van der Waals surface area (Å²) < 4.78 is 0. The normalized spacial score (nSPS) is 10.0. The summed E-state index contributed by atoms with van der Waals surface area (Å²) in [5.41, 5.74) is 0. The summed E-state index contributed by atoms with van der Waals surface area (Å²) in [6.07, 6.45) is 2.12. The summed E-state index contributed by atoms with van der Waals surface area (Å²) in [4.78, 5) is 22.0. The van der Waals surface area contributed by atoms with Gasteiger partial charge in [-0.3, -0.25) is 9.59 Å². The summed E-state index contributed by atoms with van der Waals surface area (Å²) in [6, 6.07) is 0. The lowest BCUT2D eigenvalue weighted by atomic mass is 10.4. The van der Waals surface area contributed by atoms with E-state index in [2.05, 4.69) is 27.8 Å². The molecule has 0 spiro atoms. The van der Waals surface area contributed by atoms with Crippen molar-refractivity contribution in [1.29, 1.82) is 0 Å². The van der Waals surface area contributed by atoms with Crippen molar-refractivity contribution in [3.05, 3.63) is 5.01 Å². The van der Waals surface area contributed by atoms with Gasteiger partial charge in [0.05, 0.1) is 0 Å².